The Hall–Kier alpha value is -0.120. The molecule has 0 atom stereocenters. The quantitative estimate of drug-likeness (QED) is 0.699. The number of likely N-dealkylation sites (tertiary alicyclic amines) is 2. The second-order valence-corrected chi connectivity index (χ2v) is 8.88. The van der Waals surface area contributed by atoms with E-state index in [0.29, 0.717) is 17.6 Å². The summed E-state index contributed by atoms with van der Waals surface area (Å²) in [5.41, 5.74) is 0.457. The van der Waals surface area contributed by atoms with Gasteiger partial charge in [0.15, 0.2) is 0 Å². The summed E-state index contributed by atoms with van der Waals surface area (Å²) in [6.07, 6.45) is 9.96. The minimum absolute atomic E-state index is 0.457. The fourth-order valence-electron chi connectivity index (χ4n) is 3.69. The lowest BCUT2D eigenvalue weighted by Crippen LogP contribution is -2.42. The molecule has 2 fully saturated rings. The standard InChI is InChI=1S/C20H40N2O/c1-5-6-12-21-13-7-18(8-14-21)23-19-9-15-22(16-10-19)17-11-20(2,3)4/h18-19H,5-17H2,1-4H3. The van der Waals surface area contributed by atoms with Crippen LogP contribution in [-0.2, 0) is 4.74 Å². The first-order valence-electron chi connectivity index (χ1n) is 10.1. The summed E-state index contributed by atoms with van der Waals surface area (Å²) in [6, 6.07) is 0. The molecule has 0 radical (unpaired) electrons. The third-order valence-corrected chi connectivity index (χ3v) is 5.46. The average molecular weight is 325 g/mol. The summed E-state index contributed by atoms with van der Waals surface area (Å²) in [5.74, 6) is 0. The van der Waals surface area contributed by atoms with Gasteiger partial charge in [-0.2, -0.15) is 0 Å². The maximum absolute atomic E-state index is 6.43. The van der Waals surface area contributed by atoms with Gasteiger partial charge in [-0.3, -0.25) is 0 Å². The summed E-state index contributed by atoms with van der Waals surface area (Å²) < 4.78 is 6.43. The molecule has 0 N–H and O–H groups in total. The first kappa shape index (κ1) is 19.2. The minimum Gasteiger partial charge on any atom is -0.375 e. The first-order valence-corrected chi connectivity index (χ1v) is 10.1. The molecule has 2 saturated heterocycles. The smallest absolute Gasteiger partial charge is 0.0603 e. The van der Waals surface area contributed by atoms with Crippen molar-refractivity contribution < 1.29 is 4.74 Å². The fourth-order valence-corrected chi connectivity index (χ4v) is 3.69. The molecule has 2 rings (SSSR count). The van der Waals surface area contributed by atoms with E-state index < -0.39 is 0 Å². The van der Waals surface area contributed by atoms with Gasteiger partial charge in [-0.1, -0.05) is 34.1 Å². The molecule has 136 valence electrons. The molecular formula is C20H40N2O. The van der Waals surface area contributed by atoms with Crippen LogP contribution < -0.4 is 0 Å². The van der Waals surface area contributed by atoms with Crippen LogP contribution in [0.15, 0.2) is 0 Å². The van der Waals surface area contributed by atoms with Gasteiger partial charge in [0, 0.05) is 26.2 Å². The maximum atomic E-state index is 6.43. The van der Waals surface area contributed by atoms with E-state index in [9.17, 15) is 0 Å². The molecule has 0 aliphatic carbocycles. The van der Waals surface area contributed by atoms with E-state index in [2.05, 4.69) is 37.5 Å². The number of hydrogen-bond donors (Lipinski definition) is 0. The Morgan fingerprint density at radius 1 is 0.826 bits per heavy atom. The molecule has 2 heterocycles. The number of hydrogen-bond acceptors (Lipinski definition) is 3. The van der Waals surface area contributed by atoms with Crippen LogP contribution in [0.25, 0.3) is 0 Å². The van der Waals surface area contributed by atoms with Crippen LogP contribution in [0.2, 0.25) is 0 Å². The van der Waals surface area contributed by atoms with Crippen LogP contribution in [0, 0.1) is 5.41 Å². The Labute approximate surface area is 144 Å². The predicted molar refractivity (Wildman–Crippen MR) is 99.0 cm³/mol. The average Bonchev–Trinajstić information content (AvgIpc) is 2.53. The number of piperidine rings is 2. The predicted octanol–water partition coefficient (Wildman–Crippen LogP) is 4.17. The Kier molecular flexibility index (Phi) is 7.84. The van der Waals surface area contributed by atoms with Gasteiger partial charge in [-0.15, -0.1) is 0 Å². The normalized spacial score (nSPS) is 23.5. The van der Waals surface area contributed by atoms with Crippen molar-refractivity contribution in [2.45, 2.75) is 84.8 Å². The van der Waals surface area contributed by atoms with Gasteiger partial charge in [-0.05, 0) is 57.0 Å². The van der Waals surface area contributed by atoms with Crippen molar-refractivity contribution in [2.75, 3.05) is 39.3 Å². The third kappa shape index (κ3) is 7.53. The van der Waals surface area contributed by atoms with E-state index >= 15 is 0 Å². The fraction of sp³-hybridized carbons (Fsp3) is 1.00. The Morgan fingerprint density at radius 2 is 1.30 bits per heavy atom. The lowest BCUT2D eigenvalue weighted by atomic mass is 9.91. The summed E-state index contributed by atoms with van der Waals surface area (Å²) >= 11 is 0. The van der Waals surface area contributed by atoms with Crippen molar-refractivity contribution in [1.29, 1.82) is 0 Å². The first-order chi connectivity index (χ1) is 11.0. The Morgan fingerprint density at radius 3 is 1.74 bits per heavy atom. The molecule has 0 amide bonds. The zero-order valence-corrected chi connectivity index (χ0v) is 16.1. The van der Waals surface area contributed by atoms with E-state index in [1.165, 1.54) is 84.2 Å². The molecule has 3 nitrogen and oxygen atoms in total. The molecule has 0 spiro atoms. The SMILES string of the molecule is CCCCN1CCC(OC2CCN(CCC(C)(C)C)CC2)CC1. The van der Waals surface area contributed by atoms with Crippen molar-refractivity contribution in [3.8, 4) is 0 Å². The molecular weight excluding hydrogens is 284 g/mol. The Bertz CT molecular complexity index is 310. The highest BCUT2D eigenvalue weighted by molar-refractivity contribution is 4.78. The van der Waals surface area contributed by atoms with Crippen LogP contribution >= 0.6 is 0 Å². The molecule has 0 bridgehead atoms. The molecule has 3 heteroatoms. The summed E-state index contributed by atoms with van der Waals surface area (Å²) in [4.78, 5) is 5.26. The van der Waals surface area contributed by atoms with Crippen molar-refractivity contribution in [1.82, 2.24) is 9.80 Å². The topological polar surface area (TPSA) is 15.7 Å². The number of ether oxygens (including phenoxy) is 1. The van der Waals surface area contributed by atoms with Crippen molar-refractivity contribution in [3.05, 3.63) is 0 Å². The molecule has 23 heavy (non-hydrogen) atoms. The Balaban J connectivity index is 1.58. The van der Waals surface area contributed by atoms with Gasteiger partial charge in [0.2, 0.25) is 0 Å². The van der Waals surface area contributed by atoms with Gasteiger partial charge in [0.25, 0.3) is 0 Å². The summed E-state index contributed by atoms with van der Waals surface area (Å²) in [7, 11) is 0. The molecule has 0 aromatic carbocycles. The zero-order chi connectivity index (χ0) is 16.7. The van der Waals surface area contributed by atoms with Gasteiger partial charge in [-0.25, -0.2) is 0 Å². The summed E-state index contributed by atoms with van der Waals surface area (Å²) in [5, 5.41) is 0. The van der Waals surface area contributed by atoms with E-state index in [4.69, 9.17) is 4.74 Å². The van der Waals surface area contributed by atoms with Gasteiger partial charge in [0.05, 0.1) is 12.2 Å². The van der Waals surface area contributed by atoms with Gasteiger partial charge >= 0.3 is 0 Å². The second-order valence-electron chi connectivity index (χ2n) is 8.88. The molecule has 0 unspecified atom stereocenters. The highest BCUT2D eigenvalue weighted by atomic mass is 16.5. The largest absolute Gasteiger partial charge is 0.375 e. The number of nitrogens with zero attached hydrogens (tertiary/aromatic N) is 2. The monoisotopic (exact) mass is 324 g/mol. The number of unbranched alkanes of at least 4 members (excludes halogenated alkanes) is 1. The second kappa shape index (κ2) is 9.39. The highest BCUT2D eigenvalue weighted by Crippen LogP contribution is 2.23. The zero-order valence-electron chi connectivity index (χ0n) is 16.1. The maximum Gasteiger partial charge on any atom is 0.0603 e. The van der Waals surface area contributed by atoms with Crippen LogP contribution in [-0.4, -0.2) is 61.3 Å². The minimum atomic E-state index is 0.457. The molecule has 0 saturated carbocycles. The van der Waals surface area contributed by atoms with Crippen LogP contribution in [0.5, 0.6) is 0 Å². The van der Waals surface area contributed by atoms with Crippen molar-refractivity contribution >= 4 is 0 Å². The van der Waals surface area contributed by atoms with Crippen molar-refractivity contribution in [3.63, 3.8) is 0 Å². The van der Waals surface area contributed by atoms with Crippen molar-refractivity contribution in [2.24, 2.45) is 5.41 Å². The lowest BCUT2D eigenvalue weighted by molar-refractivity contribution is -0.0654. The van der Waals surface area contributed by atoms with Crippen LogP contribution in [0.1, 0.15) is 72.6 Å². The third-order valence-electron chi connectivity index (χ3n) is 5.46. The molecule has 2 aliphatic rings. The van der Waals surface area contributed by atoms with Gasteiger partial charge < -0.3 is 14.5 Å². The van der Waals surface area contributed by atoms with E-state index in [0.717, 1.165) is 0 Å². The number of rotatable bonds is 7. The van der Waals surface area contributed by atoms with Crippen LogP contribution in [0.4, 0.5) is 0 Å². The highest BCUT2D eigenvalue weighted by Gasteiger charge is 2.26. The van der Waals surface area contributed by atoms with E-state index in [-0.39, 0.29) is 0 Å². The van der Waals surface area contributed by atoms with Crippen LogP contribution in [0.3, 0.4) is 0 Å². The molecule has 0 aromatic heterocycles. The molecule has 2 aliphatic heterocycles. The summed E-state index contributed by atoms with van der Waals surface area (Å²) in [6.45, 7) is 16.8. The lowest BCUT2D eigenvalue weighted by Gasteiger charge is -2.37. The van der Waals surface area contributed by atoms with Gasteiger partial charge in [0.1, 0.15) is 0 Å². The molecule has 0 aromatic rings. The van der Waals surface area contributed by atoms with E-state index in [1.807, 2.05) is 0 Å². The van der Waals surface area contributed by atoms with E-state index in [1.54, 1.807) is 0 Å².